The number of benzene rings is 2. The molecule has 5 nitrogen and oxygen atoms in total. The Labute approximate surface area is 102 Å². The van der Waals surface area contributed by atoms with Crippen LogP contribution in [0.5, 0.6) is 0 Å². The van der Waals surface area contributed by atoms with Gasteiger partial charge in [0.15, 0.2) is 0 Å². The summed E-state index contributed by atoms with van der Waals surface area (Å²) in [4.78, 5) is 21.7. The first-order valence-electron chi connectivity index (χ1n) is 4.97. The van der Waals surface area contributed by atoms with Crippen molar-refractivity contribution in [3.63, 3.8) is 0 Å². The van der Waals surface area contributed by atoms with Crippen LogP contribution in [0.2, 0.25) is 0 Å². The Balaban J connectivity index is 2.80. The van der Waals surface area contributed by atoms with Crippen LogP contribution in [0.25, 0.3) is 10.8 Å². The lowest BCUT2D eigenvalue weighted by atomic mass is 9.99. The van der Waals surface area contributed by atoms with E-state index in [-0.39, 0.29) is 16.7 Å². The van der Waals surface area contributed by atoms with Crippen molar-refractivity contribution < 1.29 is 19.8 Å². The highest BCUT2D eigenvalue weighted by atomic mass is 16.4. The normalized spacial score (nSPS) is 9.94. The Morgan fingerprint density at radius 3 is 2.22 bits per heavy atom. The summed E-state index contributed by atoms with van der Waals surface area (Å²) in [6, 6.07) is 8.74. The minimum absolute atomic E-state index is 0.00197. The highest BCUT2D eigenvalue weighted by molar-refractivity contribution is 6.00. The van der Waals surface area contributed by atoms with Crippen LogP contribution in [-0.2, 0) is 0 Å². The van der Waals surface area contributed by atoms with Gasteiger partial charge in [-0.2, -0.15) is 5.26 Å². The smallest absolute Gasteiger partial charge is 0.335 e. The molecular weight excluding hydrogens is 234 g/mol. The van der Waals surface area contributed by atoms with Crippen molar-refractivity contribution in [3.8, 4) is 6.07 Å². The van der Waals surface area contributed by atoms with Gasteiger partial charge < -0.3 is 10.2 Å². The third-order valence-corrected chi connectivity index (χ3v) is 2.57. The lowest BCUT2D eigenvalue weighted by molar-refractivity contribution is 0.0686. The van der Waals surface area contributed by atoms with E-state index in [0.717, 1.165) is 0 Å². The molecule has 0 bridgehead atoms. The van der Waals surface area contributed by atoms with E-state index in [1.54, 1.807) is 0 Å². The van der Waals surface area contributed by atoms with Crippen LogP contribution in [0.4, 0.5) is 0 Å². The highest BCUT2D eigenvalue weighted by Crippen LogP contribution is 2.22. The predicted molar refractivity (Wildman–Crippen MR) is 62.6 cm³/mol. The van der Waals surface area contributed by atoms with E-state index in [2.05, 4.69) is 0 Å². The van der Waals surface area contributed by atoms with Crippen molar-refractivity contribution in [2.24, 2.45) is 0 Å². The second kappa shape index (κ2) is 4.18. The fourth-order valence-corrected chi connectivity index (χ4v) is 1.71. The number of carboxylic acid groups (broad SMARTS) is 2. The molecule has 0 spiro atoms. The van der Waals surface area contributed by atoms with Gasteiger partial charge in [-0.15, -0.1) is 0 Å². The number of nitrogens with zero attached hydrogens (tertiary/aromatic N) is 1. The standard InChI is InChI=1S/C13H7NO4/c14-6-10-4-9(13(17)18)3-7-1-2-8(12(15)16)5-11(7)10/h1-5H,(H,15,16)(H,17,18). The third kappa shape index (κ3) is 1.87. The Kier molecular flexibility index (Phi) is 2.70. The lowest BCUT2D eigenvalue weighted by Crippen LogP contribution is -1.99. The Morgan fingerprint density at radius 1 is 1.00 bits per heavy atom. The molecule has 2 rings (SSSR count). The minimum atomic E-state index is -1.13. The maximum atomic E-state index is 10.9. The minimum Gasteiger partial charge on any atom is -0.478 e. The molecule has 0 aliphatic heterocycles. The van der Waals surface area contributed by atoms with Gasteiger partial charge in [0.25, 0.3) is 0 Å². The van der Waals surface area contributed by atoms with Crippen molar-refractivity contribution in [2.75, 3.05) is 0 Å². The summed E-state index contributed by atoms with van der Waals surface area (Å²) in [5.74, 6) is -2.22. The molecule has 0 atom stereocenters. The summed E-state index contributed by atoms with van der Waals surface area (Å²) in [5.41, 5.74) is 0.206. The predicted octanol–water partition coefficient (Wildman–Crippen LogP) is 2.11. The molecule has 0 unspecified atom stereocenters. The maximum absolute atomic E-state index is 10.9. The molecule has 88 valence electrons. The summed E-state index contributed by atoms with van der Waals surface area (Å²) >= 11 is 0. The van der Waals surface area contributed by atoms with Gasteiger partial charge in [-0.05, 0) is 29.7 Å². The number of rotatable bonds is 2. The van der Waals surface area contributed by atoms with Crippen molar-refractivity contribution in [2.45, 2.75) is 0 Å². The van der Waals surface area contributed by atoms with Crippen LogP contribution in [0, 0.1) is 11.3 Å². The first-order chi connectivity index (χ1) is 8.52. The van der Waals surface area contributed by atoms with E-state index in [9.17, 15) is 9.59 Å². The van der Waals surface area contributed by atoms with Crippen LogP contribution in [0.1, 0.15) is 26.3 Å². The van der Waals surface area contributed by atoms with E-state index >= 15 is 0 Å². The molecule has 2 N–H and O–H groups in total. The van der Waals surface area contributed by atoms with Gasteiger partial charge >= 0.3 is 11.9 Å². The molecule has 18 heavy (non-hydrogen) atoms. The number of aromatic carboxylic acids is 2. The quantitative estimate of drug-likeness (QED) is 0.838. The van der Waals surface area contributed by atoms with Gasteiger partial charge in [0, 0.05) is 5.39 Å². The van der Waals surface area contributed by atoms with E-state index in [1.165, 1.54) is 30.3 Å². The molecule has 0 aliphatic carbocycles. The van der Waals surface area contributed by atoms with Crippen molar-refractivity contribution >= 4 is 22.7 Å². The molecule has 0 radical (unpaired) electrons. The van der Waals surface area contributed by atoms with E-state index in [1.807, 2.05) is 6.07 Å². The lowest BCUT2D eigenvalue weighted by Gasteiger charge is -2.04. The topological polar surface area (TPSA) is 98.4 Å². The van der Waals surface area contributed by atoms with E-state index in [0.29, 0.717) is 10.8 Å². The number of carbonyl (C=O) groups is 2. The molecule has 0 aliphatic rings. The number of fused-ring (bicyclic) bond motifs is 1. The monoisotopic (exact) mass is 241 g/mol. The Morgan fingerprint density at radius 2 is 1.67 bits per heavy atom. The first kappa shape index (κ1) is 11.6. The second-order valence-corrected chi connectivity index (χ2v) is 3.68. The summed E-state index contributed by atoms with van der Waals surface area (Å²) in [7, 11) is 0. The molecular formula is C13H7NO4. The van der Waals surface area contributed by atoms with Gasteiger partial charge in [0.1, 0.15) is 0 Å². The van der Waals surface area contributed by atoms with E-state index in [4.69, 9.17) is 15.5 Å². The molecule has 0 aromatic heterocycles. The Hall–Kier alpha value is -2.87. The summed E-state index contributed by atoms with van der Waals surface area (Å²) in [5, 5.41) is 27.7. The fraction of sp³-hybridized carbons (Fsp3) is 0. The number of carboxylic acids is 2. The van der Waals surface area contributed by atoms with Gasteiger partial charge in [-0.3, -0.25) is 0 Å². The number of hydrogen-bond acceptors (Lipinski definition) is 3. The van der Waals surface area contributed by atoms with Gasteiger partial charge in [0.2, 0.25) is 0 Å². The summed E-state index contributed by atoms with van der Waals surface area (Å²) in [6.45, 7) is 0. The third-order valence-electron chi connectivity index (χ3n) is 2.57. The number of hydrogen-bond donors (Lipinski definition) is 2. The molecule has 0 saturated carbocycles. The zero-order chi connectivity index (χ0) is 13.3. The molecule has 5 heteroatoms. The summed E-state index contributed by atoms with van der Waals surface area (Å²) < 4.78 is 0. The van der Waals surface area contributed by atoms with Crippen LogP contribution in [0.15, 0.2) is 30.3 Å². The number of nitriles is 1. The molecule has 0 saturated heterocycles. The first-order valence-corrected chi connectivity index (χ1v) is 4.97. The van der Waals surface area contributed by atoms with Crippen LogP contribution >= 0.6 is 0 Å². The average Bonchev–Trinajstić information content (AvgIpc) is 2.36. The molecule has 0 fully saturated rings. The van der Waals surface area contributed by atoms with Crippen LogP contribution < -0.4 is 0 Å². The van der Waals surface area contributed by atoms with Crippen LogP contribution in [0.3, 0.4) is 0 Å². The molecule has 2 aromatic carbocycles. The van der Waals surface area contributed by atoms with Gasteiger partial charge in [-0.25, -0.2) is 9.59 Å². The van der Waals surface area contributed by atoms with Gasteiger partial charge in [0.05, 0.1) is 22.8 Å². The average molecular weight is 241 g/mol. The Bertz CT molecular complexity index is 713. The van der Waals surface area contributed by atoms with E-state index < -0.39 is 11.9 Å². The zero-order valence-electron chi connectivity index (χ0n) is 9.04. The highest BCUT2D eigenvalue weighted by Gasteiger charge is 2.11. The molecule has 0 amide bonds. The molecule has 2 aromatic rings. The van der Waals surface area contributed by atoms with Gasteiger partial charge in [-0.1, -0.05) is 6.07 Å². The summed E-state index contributed by atoms with van der Waals surface area (Å²) in [6.07, 6.45) is 0. The van der Waals surface area contributed by atoms with Crippen molar-refractivity contribution in [1.82, 2.24) is 0 Å². The maximum Gasteiger partial charge on any atom is 0.335 e. The zero-order valence-corrected chi connectivity index (χ0v) is 9.04. The van der Waals surface area contributed by atoms with Crippen molar-refractivity contribution in [3.05, 3.63) is 47.0 Å². The largest absolute Gasteiger partial charge is 0.478 e. The molecule has 0 heterocycles. The SMILES string of the molecule is N#Cc1cc(C(=O)O)cc2ccc(C(=O)O)cc12. The second-order valence-electron chi connectivity index (χ2n) is 3.68. The van der Waals surface area contributed by atoms with Crippen LogP contribution in [-0.4, -0.2) is 22.2 Å². The fourth-order valence-electron chi connectivity index (χ4n) is 1.71. The van der Waals surface area contributed by atoms with Crippen molar-refractivity contribution in [1.29, 1.82) is 5.26 Å².